The van der Waals surface area contributed by atoms with Crippen LogP contribution in [0.15, 0.2) is 140 Å². The number of nitrogens with one attached hydrogen (secondary N) is 1. The Labute approximate surface area is 230 Å². The van der Waals surface area contributed by atoms with E-state index in [-0.39, 0.29) is 0 Å². The van der Waals surface area contributed by atoms with Gasteiger partial charge in [0, 0.05) is 59.1 Å². The summed E-state index contributed by atoms with van der Waals surface area (Å²) in [6.45, 7) is 0. The second-order valence-electron chi connectivity index (χ2n) is 9.87. The molecule has 0 unspecified atom stereocenters. The van der Waals surface area contributed by atoms with Gasteiger partial charge >= 0.3 is 0 Å². The van der Waals surface area contributed by atoms with Crippen LogP contribution in [0.3, 0.4) is 0 Å². The lowest BCUT2D eigenvalue weighted by Crippen LogP contribution is -2.09. The zero-order valence-corrected chi connectivity index (χ0v) is 22.0. The fourth-order valence-corrected chi connectivity index (χ4v) is 7.01. The van der Waals surface area contributed by atoms with Crippen molar-refractivity contribution in [1.29, 1.82) is 0 Å². The number of benzene rings is 6. The molecule has 0 saturated carbocycles. The third-order valence-corrected chi connectivity index (χ3v) is 8.73. The standard InChI is InChI=1S/C36H24N2S/c1-3-11-24(12-4-1)38(25-13-5-2-6-14-25)26-21-22-32-31(23-26)29-18-9-17-28(36(29)37-32)27-16-10-20-34-35(27)30-15-7-8-19-33(30)39-34/h1-23,37H. The van der Waals surface area contributed by atoms with E-state index < -0.39 is 0 Å². The molecule has 0 fully saturated rings. The Morgan fingerprint density at radius 2 is 1.10 bits per heavy atom. The summed E-state index contributed by atoms with van der Waals surface area (Å²) in [5, 5.41) is 5.12. The van der Waals surface area contributed by atoms with Crippen LogP contribution < -0.4 is 4.90 Å². The molecule has 0 aliphatic heterocycles. The summed E-state index contributed by atoms with van der Waals surface area (Å²) >= 11 is 1.87. The molecule has 2 aromatic heterocycles. The number of hydrogen-bond acceptors (Lipinski definition) is 2. The predicted molar refractivity (Wildman–Crippen MR) is 169 cm³/mol. The lowest BCUT2D eigenvalue weighted by atomic mass is 9.97. The van der Waals surface area contributed by atoms with Crippen LogP contribution in [0.5, 0.6) is 0 Å². The third kappa shape index (κ3) is 3.55. The van der Waals surface area contributed by atoms with E-state index in [4.69, 9.17) is 0 Å². The third-order valence-electron chi connectivity index (χ3n) is 7.60. The first-order chi connectivity index (χ1) is 19.3. The van der Waals surface area contributed by atoms with E-state index in [0.29, 0.717) is 0 Å². The highest BCUT2D eigenvalue weighted by Gasteiger charge is 2.17. The highest BCUT2D eigenvalue weighted by Crippen LogP contribution is 2.43. The van der Waals surface area contributed by atoms with Crippen molar-refractivity contribution >= 4 is 70.4 Å². The van der Waals surface area contributed by atoms with Gasteiger partial charge in [-0.2, -0.15) is 0 Å². The number of hydrogen-bond donors (Lipinski definition) is 1. The first kappa shape index (κ1) is 22.2. The zero-order chi connectivity index (χ0) is 25.8. The smallest absolute Gasteiger partial charge is 0.0544 e. The molecule has 0 atom stereocenters. The van der Waals surface area contributed by atoms with Crippen molar-refractivity contribution in [3.63, 3.8) is 0 Å². The van der Waals surface area contributed by atoms with Crippen LogP contribution in [0.25, 0.3) is 53.1 Å². The summed E-state index contributed by atoms with van der Waals surface area (Å²) in [6, 6.07) is 50.0. The molecule has 1 N–H and O–H groups in total. The number of rotatable bonds is 4. The van der Waals surface area contributed by atoms with Gasteiger partial charge in [-0.25, -0.2) is 0 Å². The second kappa shape index (κ2) is 8.87. The number of anilines is 3. The van der Waals surface area contributed by atoms with E-state index >= 15 is 0 Å². The molecule has 3 heteroatoms. The number of aromatic nitrogens is 1. The van der Waals surface area contributed by atoms with Gasteiger partial charge < -0.3 is 9.88 Å². The number of aromatic amines is 1. The van der Waals surface area contributed by atoms with Crippen molar-refractivity contribution in [1.82, 2.24) is 4.98 Å². The van der Waals surface area contributed by atoms with E-state index in [1.54, 1.807) is 0 Å². The summed E-state index contributed by atoms with van der Waals surface area (Å²) in [5.41, 5.74) is 8.25. The van der Waals surface area contributed by atoms with E-state index in [9.17, 15) is 0 Å². The molecule has 0 saturated heterocycles. The fraction of sp³-hybridized carbons (Fsp3) is 0. The van der Waals surface area contributed by atoms with E-state index in [0.717, 1.165) is 22.6 Å². The van der Waals surface area contributed by atoms with Crippen molar-refractivity contribution in [2.24, 2.45) is 0 Å². The highest BCUT2D eigenvalue weighted by atomic mass is 32.1. The average molecular weight is 517 g/mol. The Morgan fingerprint density at radius 3 is 1.90 bits per heavy atom. The van der Waals surface area contributed by atoms with Gasteiger partial charge in [0.15, 0.2) is 0 Å². The van der Waals surface area contributed by atoms with Gasteiger partial charge in [0.1, 0.15) is 0 Å². The molecule has 0 aliphatic carbocycles. The molecule has 8 rings (SSSR count). The van der Waals surface area contributed by atoms with Gasteiger partial charge in [-0.15, -0.1) is 11.3 Å². The largest absolute Gasteiger partial charge is 0.354 e. The van der Waals surface area contributed by atoms with Gasteiger partial charge in [0.25, 0.3) is 0 Å². The predicted octanol–water partition coefficient (Wildman–Crippen LogP) is 10.8. The van der Waals surface area contributed by atoms with Crippen LogP contribution in [0.4, 0.5) is 17.1 Å². The van der Waals surface area contributed by atoms with E-state index in [1.165, 1.54) is 47.6 Å². The van der Waals surface area contributed by atoms with Crippen LogP contribution in [0, 0.1) is 0 Å². The molecule has 0 bridgehead atoms. The lowest BCUT2D eigenvalue weighted by molar-refractivity contribution is 1.29. The molecule has 2 nitrogen and oxygen atoms in total. The Morgan fingerprint density at radius 1 is 0.462 bits per heavy atom. The Bertz CT molecular complexity index is 2080. The second-order valence-corrected chi connectivity index (χ2v) is 11.0. The van der Waals surface area contributed by atoms with Crippen LogP contribution in [-0.2, 0) is 0 Å². The first-order valence-electron chi connectivity index (χ1n) is 13.2. The van der Waals surface area contributed by atoms with Crippen molar-refractivity contribution in [2.45, 2.75) is 0 Å². The SMILES string of the molecule is c1ccc(N(c2ccccc2)c2ccc3[nH]c4c(-c5cccc6sc7ccccc7c56)cccc4c3c2)cc1. The Hall–Kier alpha value is -4.86. The van der Waals surface area contributed by atoms with E-state index in [1.807, 2.05) is 11.3 Å². The van der Waals surface area contributed by atoms with Crippen molar-refractivity contribution in [3.8, 4) is 11.1 Å². The maximum atomic E-state index is 3.78. The van der Waals surface area contributed by atoms with Gasteiger partial charge in [-0.3, -0.25) is 0 Å². The minimum atomic E-state index is 1.14. The van der Waals surface area contributed by atoms with Crippen molar-refractivity contribution in [3.05, 3.63) is 140 Å². The molecule has 0 spiro atoms. The summed E-state index contributed by atoms with van der Waals surface area (Å²) < 4.78 is 2.65. The fourth-order valence-electron chi connectivity index (χ4n) is 5.87. The Balaban J connectivity index is 1.36. The molecule has 2 heterocycles. The molecule has 39 heavy (non-hydrogen) atoms. The average Bonchev–Trinajstić information content (AvgIpc) is 3.57. The maximum Gasteiger partial charge on any atom is 0.0544 e. The summed E-state index contributed by atoms with van der Waals surface area (Å²) in [6.07, 6.45) is 0. The number of nitrogens with zero attached hydrogens (tertiary/aromatic N) is 1. The van der Waals surface area contributed by atoms with Crippen LogP contribution in [0.1, 0.15) is 0 Å². The van der Waals surface area contributed by atoms with Gasteiger partial charge in [-0.05, 0) is 60.2 Å². The van der Waals surface area contributed by atoms with Crippen LogP contribution in [-0.4, -0.2) is 4.98 Å². The minimum Gasteiger partial charge on any atom is -0.354 e. The number of H-pyrrole nitrogens is 1. The summed E-state index contributed by atoms with van der Waals surface area (Å²) in [5.74, 6) is 0. The quantitative estimate of drug-likeness (QED) is 0.246. The molecular formula is C36H24N2S. The first-order valence-corrected chi connectivity index (χ1v) is 14.0. The van der Waals surface area contributed by atoms with E-state index in [2.05, 4.69) is 149 Å². The molecule has 184 valence electrons. The van der Waals surface area contributed by atoms with Gasteiger partial charge in [0.2, 0.25) is 0 Å². The molecule has 8 aromatic rings. The molecule has 0 radical (unpaired) electrons. The topological polar surface area (TPSA) is 19.0 Å². The number of para-hydroxylation sites is 3. The van der Waals surface area contributed by atoms with Crippen molar-refractivity contribution in [2.75, 3.05) is 4.90 Å². The van der Waals surface area contributed by atoms with Gasteiger partial charge in [0.05, 0.1) is 5.52 Å². The minimum absolute atomic E-state index is 1.14. The lowest BCUT2D eigenvalue weighted by Gasteiger charge is -2.25. The highest BCUT2D eigenvalue weighted by molar-refractivity contribution is 7.25. The maximum absolute atomic E-state index is 3.78. The number of thiophene rings is 1. The van der Waals surface area contributed by atoms with Crippen molar-refractivity contribution < 1.29 is 0 Å². The molecule has 6 aromatic carbocycles. The van der Waals surface area contributed by atoms with Gasteiger partial charge in [-0.1, -0.05) is 84.9 Å². The normalized spacial score (nSPS) is 11.6. The van der Waals surface area contributed by atoms with Crippen LogP contribution in [0.2, 0.25) is 0 Å². The van der Waals surface area contributed by atoms with Crippen LogP contribution >= 0.6 is 11.3 Å². The Kier molecular flexibility index (Phi) is 5.04. The summed E-state index contributed by atoms with van der Waals surface area (Å²) in [4.78, 5) is 6.10. The number of fused-ring (bicyclic) bond motifs is 6. The molecule has 0 aliphatic rings. The monoisotopic (exact) mass is 516 g/mol. The molecular weight excluding hydrogens is 492 g/mol. The molecule has 0 amide bonds. The summed E-state index contributed by atoms with van der Waals surface area (Å²) in [7, 11) is 0. The zero-order valence-electron chi connectivity index (χ0n) is 21.1.